The van der Waals surface area contributed by atoms with Crippen molar-refractivity contribution in [1.82, 2.24) is 15.6 Å². The molecule has 3 aliphatic carbocycles. The number of fused-ring (bicyclic) bond motifs is 4. The van der Waals surface area contributed by atoms with Crippen LogP contribution in [0.4, 0.5) is 4.39 Å². The molecule has 190 valence electrons. The molecule has 2 bridgehead atoms. The number of thiazole rings is 1. The third-order valence-corrected chi connectivity index (χ3v) is 8.23. The van der Waals surface area contributed by atoms with Gasteiger partial charge in [-0.25, -0.2) is 9.37 Å². The second-order valence-corrected chi connectivity index (χ2v) is 10.8. The molecule has 2 amide bonds. The molecule has 11 heteroatoms. The minimum Gasteiger partial charge on any atom is -0.484 e. The Morgan fingerprint density at radius 1 is 1.08 bits per heavy atom. The van der Waals surface area contributed by atoms with Crippen LogP contribution in [-0.2, 0) is 9.59 Å². The normalized spacial score (nSPS) is 24.9. The van der Waals surface area contributed by atoms with E-state index in [1.807, 2.05) is 24.3 Å². The van der Waals surface area contributed by atoms with Gasteiger partial charge >= 0.3 is 0 Å². The van der Waals surface area contributed by atoms with Gasteiger partial charge in [0.15, 0.2) is 13.2 Å². The summed E-state index contributed by atoms with van der Waals surface area (Å²) in [6.07, 6.45) is 1.73. The van der Waals surface area contributed by atoms with E-state index in [1.165, 1.54) is 23.5 Å². The summed E-state index contributed by atoms with van der Waals surface area (Å²) in [4.78, 5) is 29.6. The molecule has 6 rings (SSSR count). The van der Waals surface area contributed by atoms with Crippen LogP contribution in [0.3, 0.4) is 0 Å². The lowest BCUT2D eigenvalue weighted by Crippen LogP contribution is -2.70. The van der Waals surface area contributed by atoms with Crippen molar-refractivity contribution in [2.24, 2.45) is 0 Å². The molecule has 1 heterocycles. The van der Waals surface area contributed by atoms with Crippen molar-refractivity contribution in [2.45, 2.75) is 49.3 Å². The largest absolute Gasteiger partial charge is 0.484 e. The van der Waals surface area contributed by atoms with Crippen molar-refractivity contribution < 1.29 is 28.6 Å². The zero-order valence-corrected chi connectivity index (χ0v) is 20.8. The fraction of sp³-hybridized carbons (Fsp3) is 0.400. The molecule has 1 aromatic heterocycles. The number of nitrogens with zero attached hydrogens (tertiary/aromatic N) is 1. The first-order chi connectivity index (χ1) is 17.3. The second kappa shape index (κ2) is 9.84. The number of carbonyl (C=O) groups is 2. The van der Waals surface area contributed by atoms with Crippen molar-refractivity contribution in [3.63, 3.8) is 0 Å². The van der Waals surface area contributed by atoms with E-state index in [9.17, 15) is 19.1 Å². The number of hydrogen-bond acceptors (Lipinski definition) is 7. The summed E-state index contributed by atoms with van der Waals surface area (Å²) in [5.74, 6) is -1.11. The van der Waals surface area contributed by atoms with E-state index >= 15 is 0 Å². The summed E-state index contributed by atoms with van der Waals surface area (Å²) in [5.41, 5.74) is -0.511. The summed E-state index contributed by atoms with van der Waals surface area (Å²) >= 11 is 7.03. The highest BCUT2D eigenvalue weighted by molar-refractivity contribution is 7.20. The highest BCUT2D eigenvalue weighted by atomic mass is 35.5. The van der Waals surface area contributed by atoms with Gasteiger partial charge in [0, 0.05) is 11.6 Å². The SMILES string of the molecule is O=C(COc1ccc(Cl)c(F)c1)NC12CCC(NC(=O)COc3nc4ccccc4s3)(CC1)[C@@H](O)C2. The average molecular weight is 534 g/mol. The van der Waals surface area contributed by atoms with Crippen molar-refractivity contribution in [3.8, 4) is 10.9 Å². The van der Waals surface area contributed by atoms with Crippen molar-refractivity contribution in [2.75, 3.05) is 13.2 Å². The smallest absolute Gasteiger partial charge is 0.274 e. The molecule has 3 aliphatic rings. The van der Waals surface area contributed by atoms with Crippen LogP contribution in [0.5, 0.6) is 10.9 Å². The summed E-state index contributed by atoms with van der Waals surface area (Å²) in [5, 5.41) is 17.3. The van der Waals surface area contributed by atoms with Crippen LogP contribution in [0, 0.1) is 5.82 Å². The number of halogens is 2. The number of rotatable bonds is 8. The number of hydrogen-bond donors (Lipinski definition) is 3. The molecule has 0 aliphatic heterocycles. The van der Waals surface area contributed by atoms with Crippen LogP contribution in [0.1, 0.15) is 32.1 Å². The third-order valence-electron chi connectivity index (χ3n) is 6.98. The summed E-state index contributed by atoms with van der Waals surface area (Å²) in [6, 6.07) is 11.6. The Hall–Kier alpha value is -2.95. The summed E-state index contributed by atoms with van der Waals surface area (Å²) < 4.78 is 25.5. The van der Waals surface area contributed by atoms with Crippen molar-refractivity contribution in [3.05, 3.63) is 53.3 Å². The topological polar surface area (TPSA) is 110 Å². The predicted octanol–water partition coefficient (Wildman–Crippen LogP) is 3.60. The number of benzene rings is 2. The van der Waals surface area contributed by atoms with Gasteiger partial charge in [0.1, 0.15) is 11.6 Å². The van der Waals surface area contributed by atoms with Crippen LogP contribution in [0.2, 0.25) is 5.02 Å². The number of aromatic nitrogens is 1. The third kappa shape index (κ3) is 5.11. The maximum Gasteiger partial charge on any atom is 0.274 e. The quantitative estimate of drug-likeness (QED) is 0.408. The second-order valence-electron chi connectivity index (χ2n) is 9.35. The van der Waals surface area contributed by atoms with Crippen LogP contribution < -0.4 is 20.1 Å². The maximum atomic E-state index is 13.6. The first-order valence-corrected chi connectivity index (χ1v) is 12.8. The van der Waals surface area contributed by atoms with E-state index in [4.69, 9.17) is 21.1 Å². The van der Waals surface area contributed by atoms with Gasteiger partial charge in [0.05, 0.1) is 26.9 Å². The summed E-state index contributed by atoms with van der Waals surface area (Å²) in [6.45, 7) is -0.483. The van der Waals surface area contributed by atoms with Crippen LogP contribution in [-0.4, -0.2) is 52.3 Å². The van der Waals surface area contributed by atoms with E-state index in [1.54, 1.807) is 0 Å². The number of nitrogens with one attached hydrogen (secondary N) is 2. The number of aliphatic hydroxyl groups is 1. The van der Waals surface area contributed by atoms with Gasteiger partial charge in [-0.1, -0.05) is 35.1 Å². The lowest BCUT2D eigenvalue weighted by atomic mass is 9.60. The Bertz CT molecular complexity index is 1260. The molecular formula is C25H25ClFN3O5S. The molecule has 3 fully saturated rings. The lowest BCUT2D eigenvalue weighted by Gasteiger charge is -2.56. The maximum absolute atomic E-state index is 13.6. The van der Waals surface area contributed by atoms with Gasteiger partial charge in [0.25, 0.3) is 17.0 Å². The Balaban J connectivity index is 1.12. The first kappa shape index (κ1) is 24.7. The highest BCUT2D eigenvalue weighted by Gasteiger charge is 2.55. The molecule has 0 unspecified atom stereocenters. The van der Waals surface area contributed by atoms with Crippen LogP contribution in [0.15, 0.2) is 42.5 Å². The van der Waals surface area contributed by atoms with Gasteiger partial charge in [-0.3, -0.25) is 9.59 Å². The van der Waals surface area contributed by atoms with Gasteiger partial charge in [-0.2, -0.15) is 0 Å². The van der Waals surface area contributed by atoms with Gasteiger partial charge in [0.2, 0.25) is 0 Å². The molecule has 3 N–H and O–H groups in total. The molecule has 0 spiro atoms. The Morgan fingerprint density at radius 3 is 2.53 bits per heavy atom. The standard InChI is InChI=1S/C25H25ClFN3O5S/c26-16-6-5-15(11-17(16)27)34-13-21(32)29-24-7-9-25(10-8-24,20(31)12-24)30-22(33)14-35-23-28-18-3-1-2-4-19(18)36-23/h1-6,11,20,31H,7-10,12-14H2,(H,29,32)(H,30,33)/t20-,24?,25?/m0/s1. The van der Waals surface area contributed by atoms with E-state index in [2.05, 4.69) is 15.6 Å². The van der Waals surface area contributed by atoms with E-state index in [0.717, 1.165) is 16.3 Å². The molecular weight excluding hydrogens is 509 g/mol. The molecule has 0 radical (unpaired) electrons. The predicted molar refractivity (Wildman–Crippen MR) is 133 cm³/mol. The van der Waals surface area contributed by atoms with Crippen LogP contribution >= 0.6 is 22.9 Å². The molecule has 0 saturated heterocycles. The lowest BCUT2D eigenvalue weighted by molar-refractivity contribution is -0.137. The van der Waals surface area contributed by atoms with Crippen molar-refractivity contribution in [1.29, 1.82) is 0 Å². The average Bonchev–Trinajstić information content (AvgIpc) is 3.28. The van der Waals surface area contributed by atoms with E-state index < -0.39 is 23.0 Å². The van der Waals surface area contributed by atoms with Crippen molar-refractivity contribution >= 4 is 45.0 Å². The number of ether oxygens (including phenoxy) is 2. The zero-order chi connectivity index (χ0) is 25.3. The zero-order valence-electron chi connectivity index (χ0n) is 19.3. The number of amides is 2. The highest BCUT2D eigenvalue weighted by Crippen LogP contribution is 2.47. The van der Waals surface area contributed by atoms with Crippen LogP contribution in [0.25, 0.3) is 10.2 Å². The van der Waals surface area contributed by atoms with E-state index in [-0.39, 0.29) is 35.8 Å². The molecule has 2 aromatic carbocycles. The first-order valence-electron chi connectivity index (χ1n) is 11.6. The minimum atomic E-state index is -0.821. The molecule has 3 saturated carbocycles. The molecule has 36 heavy (non-hydrogen) atoms. The fourth-order valence-corrected chi connectivity index (χ4v) is 6.00. The minimum absolute atomic E-state index is 0.0250. The summed E-state index contributed by atoms with van der Waals surface area (Å²) in [7, 11) is 0. The van der Waals surface area contributed by atoms with Gasteiger partial charge in [-0.15, -0.1) is 0 Å². The Kier molecular flexibility index (Phi) is 6.76. The van der Waals surface area contributed by atoms with Gasteiger partial charge in [-0.05, 0) is 56.4 Å². The molecule has 8 nitrogen and oxygen atoms in total. The Morgan fingerprint density at radius 2 is 1.81 bits per heavy atom. The number of para-hydroxylation sites is 1. The van der Waals surface area contributed by atoms with Gasteiger partial charge < -0.3 is 25.2 Å². The monoisotopic (exact) mass is 533 g/mol. The number of aliphatic hydroxyl groups excluding tert-OH is 1. The molecule has 1 atom stereocenters. The van der Waals surface area contributed by atoms with E-state index in [0.29, 0.717) is 37.3 Å². The fourth-order valence-electron chi connectivity index (χ4n) is 5.06. The number of carbonyl (C=O) groups excluding carboxylic acids is 2. The molecule has 3 aromatic rings. The Labute approximate surface area is 215 Å².